The van der Waals surface area contributed by atoms with Crippen LogP contribution >= 0.6 is 11.3 Å². The Morgan fingerprint density at radius 3 is 3.08 bits per heavy atom. The Kier molecular flexibility index (Phi) is 2.40. The van der Waals surface area contributed by atoms with Gasteiger partial charge in [-0.25, -0.2) is 4.98 Å². The number of hydrogen-bond donors (Lipinski definition) is 1. The van der Waals surface area contributed by atoms with E-state index in [0.29, 0.717) is 6.42 Å². The summed E-state index contributed by atoms with van der Waals surface area (Å²) in [6.45, 7) is 0.725. The number of nitrogens with one attached hydrogen (secondary N) is 1. The predicted molar refractivity (Wildman–Crippen MR) is 51.3 cm³/mol. The zero-order valence-electron chi connectivity index (χ0n) is 7.12. The average Bonchev–Trinajstić information content (AvgIpc) is 2.71. The molecule has 0 fully saturated rings. The fourth-order valence-electron chi connectivity index (χ4n) is 1.26. The third kappa shape index (κ3) is 2.15. The molecular formula is C9H10N2OS. The molecule has 0 bridgehead atoms. The van der Waals surface area contributed by atoms with Crippen molar-refractivity contribution in [3.8, 4) is 0 Å². The number of thiazole rings is 1. The van der Waals surface area contributed by atoms with Crippen molar-refractivity contribution >= 4 is 17.1 Å². The second-order valence-electron chi connectivity index (χ2n) is 2.97. The van der Waals surface area contributed by atoms with E-state index >= 15 is 0 Å². The van der Waals surface area contributed by atoms with Gasteiger partial charge in [-0.15, -0.1) is 11.3 Å². The highest BCUT2D eigenvalue weighted by Gasteiger charge is 2.10. The van der Waals surface area contributed by atoms with Crippen molar-refractivity contribution in [2.75, 3.05) is 0 Å². The van der Waals surface area contributed by atoms with Crippen LogP contribution in [0.15, 0.2) is 22.7 Å². The average molecular weight is 194 g/mol. The summed E-state index contributed by atoms with van der Waals surface area (Å²) in [5, 5.41) is 5.20. The van der Waals surface area contributed by atoms with Gasteiger partial charge in [0.2, 0.25) is 0 Å². The van der Waals surface area contributed by atoms with E-state index in [4.69, 9.17) is 0 Å². The van der Waals surface area contributed by atoms with Crippen LogP contribution in [0.25, 0.3) is 0 Å². The molecular weight excluding hydrogens is 184 g/mol. The molecule has 1 N–H and O–H groups in total. The molecule has 0 amide bonds. The minimum absolute atomic E-state index is 0.223. The summed E-state index contributed by atoms with van der Waals surface area (Å²) in [4.78, 5) is 15.0. The Balaban J connectivity index is 1.87. The SMILES string of the molecule is O=C1C=C(NCc2cscn2)CC1. The summed E-state index contributed by atoms with van der Waals surface area (Å²) in [7, 11) is 0. The van der Waals surface area contributed by atoms with Gasteiger partial charge in [0.1, 0.15) is 0 Å². The Hall–Kier alpha value is -1.16. The van der Waals surface area contributed by atoms with E-state index in [9.17, 15) is 4.79 Å². The normalized spacial score (nSPS) is 16.0. The van der Waals surface area contributed by atoms with Crippen molar-refractivity contribution in [2.45, 2.75) is 19.4 Å². The number of nitrogens with zero attached hydrogens (tertiary/aromatic N) is 1. The van der Waals surface area contributed by atoms with Crippen molar-refractivity contribution in [1.29, 1.82) is 0 Å². The first-order valence-electron chi connectivity index (χ1n) is 4.19. The van der Waals surface area contributed by atoms with Crippen LogP contribution in [-0.2, 0) is 11.3 Å². The molecule has 1 aromatic heterocycles. The second-order valence-corrected chi connectivity index (χ2v) is 3.69. The first kappa shape index (κ1) is 8.44. The van der Waals surface area contributed by atoms with Crippen LogP contribution in [0.5, 0.6) is 0 Å². The van der Waals surface area contributed by atoms with Gasteiger partial charge in [-0.05, 0) is 6.42 Å². The van der Waals surface area contributed by atoms with Gasteiger partial charge >= 0.3 is 0 Å². The molecule has 2 rings (SSSR count). The van der Waals surface area contributed by atoms with Crippen LogP contribution < -0.4 is 5.32 Å². The van der Waals surface area contributed by atoms with Gasteiger partial charge in [-0.3, -0.25) is 4.79 Å². The van der Waals surface area contributed by atoms with Crippen LogP contribution in [0.3, 0.4) is 0 Å². The zero-order valence-corrected chi connectivity index (χ0v) is 7.93. The van der Waals surface area contributed by atoms with Crippen LogP contribution in [0.2, 0.25) is 0 Å². The van der Waals surface area contributed by atoms with Gasteiger partial charge in [0, 0.05) is 23.6 Å². The molecule has 0 aromatic carbocycles. The lowest BCUT2D eigenvalue weighted by atomic mass is 10.3. The molecule has 0 radical (unpaired) electrons. The van der Waals surface area contributed by atoms with Crippen molar-refractivity contribution in [2.24, 2.45) is 0 Å². The number of ketones is 1. The highest BCUT2D eigenvalue weighted by Crippen LogP contribution is 2.12. The smallest absolute Gasteiger partial charge is 0.157 e. The van der Waals surface area contributed by atoms with E-state index in [-0.39, 0.29) is 5.78 Å². The van der Waals surface area contributed by atoms with Gasteiger partial charge in [0.05, 0.1) is 17.7 Å². The van der Waals surface area contributed by atoms with Gasteiger partial charge in [-0.1, -0.05) is 0 Å². The van der Waals surface area contributed by atoms with E-state index in [1.807, 2.05) is 10.9 Å². The third-order valence-corrected chi connectivity index (χ3v) is 2.59. The molecule has 1 heterocycles. The summed E-state index contributed by atoms with van der Waals surface area (Å²) in [5.41, 5.74) is 3.88. The third-order valence-electron chi connectivity index (χ3n) is 1.96. The van der Waals surface area contributed by atoms with Crippen LogP contribution in [-0.4, -0.2) is 10.8 Å². The lowest BCUT2D eigenvalue weighted by Gasteiger charge is -2.02. The molecule has 1 aromatic rings. The topological polar surface area (TPSA) is 42.0 Å². The molecule has 0 saturated carbocycles. The van der Waals surface area contributed by atoms with E-state index in [2.05, 4.69) is 10.3 Å². The van der Waals surface area contributed by atoms with E-state index in [0.717, 1.165) is 24.4 Å². The molecule has 4 heteroatoms. The largest absolute Gasteiger partial charge is 0.383 e. The van der Waals surface area contributed by atoms with E-state index < -0.39 is 0 Å². The van der Waals surface area contributed by atoms with Gasteiger partial charge < -0.3 is 5.32 Å². The molecule has 68 valence electrons. The monoisotopic (exact) mass is 194 g/mol. The molecule has 13 heavy (non-hydrogen) atoms. The predicted octanol–water partition coefficient (Wildman–Crippen LogP) is 1.48. The first-order valence-corrected chi connectivity index (χ1v) is 5.13. The van der Waals surface area contributed by atoms with Crippen molar-refractivity contribution in [1.82, 2.24) is 10.3 Å². The van der Waals surface area contributed by atoms with Crippen LogP contribution in [0, 0.1) is 0 Å². The molecule has 0 saturated heterocycles. The quantitative estimate of drug-likeness (QED) is 0.792. The maximum Gasteiger partial charge on any atom is 0.157 e. The number of allylic oxidation sites excluding steroid dienone is 2. The lowest BCUT2D eigenvalue weighted by molar-refractivity contribution is -0.114. The second kappa shape index (κ2) is 3.70. The van der Waals surface area contributed by atoms with Gasteiger partial charge in [-0.2, -0.15) is 0 Å². The summed E-state index contributed by atoms with van der Waals surface area (Å²) < 4.78 is 0. The van der Waals surface area contributed by atoms with Crippen molar-refractivity contribution < 1.29 is 4.79 Å². The standard InChI is InChI=1S/C9H10N2OS/c12-9-2-1-7(3-9)10-4-8-5-13-6-11-8/h3,5-6,10H,1-2,4H2. The van der Waals surface area contributed by atoms with Gasteiger partial charge in [0.25, 0.3) is 0 Å². The fraction of sp³-hybridized carbons (Fsp3) is 0.333. The van der Waals surface area contributed by atoms with Gasteiger partial charge in [0.15, 0.2) is 5.78 Å². The van der Waals surface area contributed by atoms with Crippen molar-refractivity contribution in [3.05, 3.63) is 28.4 Å². The summed E-state index contributed by atoms with van der Waals surface area (Å²) in [5.74, 6) is 0.223. The zero-order chi connectivity index (χ0) is 9.10. The van der Waals surface area contributed by atoms with E-state index in [1.165, 1.54) is 0 Å². The molecule has 0 unspecified atom stereocenters. The van der Waals surface area contributed by atoms with Crippen LogP contribution in [0.4, 0.5) is 0 Å². The molecule has 0 spiro atoms. The lowest BCUT2D eigenvalue weighted by Crippen LogP contribution is -2.11. The number of carbonyl (C=O) groups excluding carboxylic acids is 1. The highest BCUT2D eigenvalue weighted by atomic mass is 32.1. The number of hydrogen-bond acceptors (Lipinski definition) is 4. The maximum absolute atomic E-state index is 10.9. The Morgan fingerprint density at radius 2 is 2.46 bits per heavy atom. The Morgan fingerprint density at radius 1 is 1.54 bits per heavy atom. The Bertz CT molecular complexity index is 329. The number of rotatable bonds is 3. The first-order chi connectivity index (χ1) is 6.34. The van der Waals surface area contributed by atoms with E-state index in [1.54, 1.807) is 17.4 Å². The minimum Gasteiger partial charge on any atom is -0.383 e. The molecule has 0 aliphatic heterocycles. The summed E-state index contributed by atoms with van der Waals surface area (Å²) in [6, 6.07) is 0. The van der Waals surface area contributed by atoms with Crippen molar-refractivity contribution in [3.63, 3.8) is 0 Å². The van der Waals surface area contributed by atoms with Crippen LogP contribution in [0.1, 0.15) is 18.5 Å². The molecule has 1 aliphatic carbocycles. The molecule has 0 atom stereocenters. The molecule has 3 nitrogen and oxygen atoms in total. The highest BCUT2D eigenvalue weighted by molar-refractivity contribution is 7.07. The number of aromatic nitrogens is 1. The number of carbonyl (C=O) groups is 1. The minimum atomic E-state index is 0.223. The maximum atomic E-state index is 10.9. The summed E-state index contributed by atoms with van der Waals surface area (Å²) in [6.07, 6.45) is 3.19. The Labute approximate surface area is 80.5 Å². The fourth-order valence-corrected chi connectivity index (χ4v) is 1.82. The molecule has 1 aliphatic rings. The summed E-state index contributed by atoms with van der Waals surface area (Å²) >= 11 is 1.59.